The Morgan fingerprint density at radius 1 is 1.12 bits per heavy atom. The monoisotopic (exact) mass is 446 g/mol. The van der Waals surface area contributed by atoms with Gasteiger partial charge in [-0.25, -0.2) is 9.67 Å². The van der Waals surface area contributed by atoms with Gasteiger partial charge in [-0.15, -0.1) is 0 Å². The van der Waals surface area contributed by atoms with Gasteiger partial charge in [-0.1, -0.05) is 41.4 Å². The number of aromatic amines is 1. The van der Waals surface area contributed by atoms with Crippen molar-refractivity contribution in [2.75, 3.05) is 5.32 Å². The van der Waals surface area contributed by atoms with E-state index in [1.54, 1.807) is 11.6 Å². The van der Waals surface area contributed by atoms with Crippen molar-refractivity contribution < 1.29 is 4.79 Å². The summed E-state index contributed by atoms with van der Waals surface area (Å²) in [6, 6.07) is 15.6. The average Bonchev–Trinajstić information content (AvgIpc) is 3.44. The summed E-state index contributed by atoms with van der Waals surface area (Å²) in [6.07, 6.45) is 2.34. The van der Waals surface area contributed by atoms with Crippen LogP contribution in [0.15, 0.2) is 48.5 Å². The first-order valence-electron chi connectivity index (χ1n) is 10.6. The number of hydrogen-bond donors (Lipinski definition) is 2. The highest BCUT2D eigenvalue weighted by Crippen LogP contribution is 2.38. The normalized spacial score (nSPS) is 13.3. The predicted octanol–water partition coefficient (Wildman–Crippen LogP) is 5.12. The van der Waals surface area contributed by atoms with Gasteiger partial charge in [0.05, 0.1) is 17.8 Å². The summed E-state index contributed by atoms with van der Waals surface area (Å²) in [4.78, 5) is 17.5. The number of nitrogens with one attached hydrogen (secondary N) is 2. The lowest BCUT2D eigenvalue weighted by Gasteiger charge is -2.07. The van der Waals surface area contributed by atoms with Crippen LogP contribution in [0.5, 0.6) is 0 Å². The van der Waals surface area contributed by atoms with E-state index in [0.717, 1.165) is 17.0 Å². The number of aromatic nitrogens is 5. The Hall–Kier alpha value is -3.45. The van der Waals surface area contributed by atoms with Crippen molar-refractivity contribution in [1.29, 1.82) is 0 Å². The molecule has 2 aromatic heterocycles. The molecular weight excluding hydrogens is 424 g/mol. The zero-order valence-corrected chi connectivity index (χ0v) is 18.6. The lowest BCUT2D eigenvalue weighted by Crippen LogP contribution is -2.13. The van der Waals surface area contributed by atoms with Crippen LogP contribution in [-0.4, -0.2) is 30.9 Å². The highest BCUT2D eigenvalue weighted by atomic mass is 35.5. The van der Waals surface area contributed by atoms with E-state index in [-0.39, 0.29) is 5.91 Å². The van der Waals surface area contributed by atoms with E-state index >= 15 is 0 Å². The smallest absolute Gasteiger partial charge is 0.260 e. The van der Waals surface area contributed by atoms with Crippen LogP contribution in [0.1, 0.15) is 51.8 Å². The van der Waals surface area contributed by atoms with Crippen molar-refractivity contribution in [2.45, 2.75) is 39.2 Å². The van der Waals surface area contributed by atoms with Gasteiger partial charge in [0.2, 0.25) is 0 Å². The molecule has 7 nitrogen and oxygen atoms in total. The number of anilines is 1. The number of aryl methyl sites for hydroxylation is 2. The third-order valence-electron chi connectivity index (χ3n) is 5.61. The molecule has 5 rings (SSSR count). The van der Waals surface area contributed by atoms with E-state index in [9.17, 15) is 4.79 Å². The lowest BCUT2D eigenvalue weighted by atomic mass is 10.1. The standard InChI is InChI=1S/C24H23ClN6O/c1-14-3-5-16(6-4-14)13-31-21(25)20(15(2)30-31)24(32)26-19-11-9-18(10-12-19)23-27-22(28-29-23)17-7-8-17/h3-6,9-12,17H,7-8,13H2,1-2H3,(H,26,32)(H,27,28,29). The first-order valence-corrected chi connectivity index (χ1v) is 11.0. The van der Waals surface area contributed by atoms with E-state index in [0.29, 0.717) is 40.4 Å². The lowest BCUT2D eigenvalue weighted by molar-refractivity contribution is 0.102. The van der Waals surface area contributed by atoms with Gasteiger partial charge in [0.1, 0.15) is 11.0 Å². The molecular formula is C24H23ClN6O. The third kappa shape index (κ3) is 4.16. The molecule has 1 aliphatic carbocycles. The van der Waals surface area contributed by atoms with Crippen LogP contribution in [0.25, 0.3) is 11.4 Å². The number of benzene rings is 2. The molecule has 0 unspecified atom stereocenters. The second-order valence-corrected chi connectivity index (χ2v) is 8.60. The maximum absolute atomic E-state index is 12.9. The fraction of sp³-hybridized carbons (Fsp3) is 0.250. The topological polar surface area (TPSA) is 88.5 Å². The molecule has 162 valence electrons. The van der Waals surface area contributed by atoms with E-state index in [4.69, 9.17) is 11.6 Å². The summed E-state index contributed by atoms with van der Waals surface area (Å²) in [5, 5.41) is 15.0. The molecule has 0 atom stereocenters. The van der Waals surface area contributed by atoms with Gasteiger partial charge in [-0.3, -0.25) is 9.89 Å². The summed E-state index contributed by atoms with van der Waals surface area (Å²) < 4.78 is 1.65. The minimum Gasteiger partial charge on any atom is -0.322 e. The highest BCUT2D eigenvalue weighted by molar-refractivity contribution is 6.33. The Labute approximate surface area is 190 Å². The maximum atomic E-state index is 12.9. The third-order valence-corrected chi connectivity index (χ3v) is 6.00. The summed E-state index contributed by atoms with van der Waals surface area (Å²) in [7, 11) is 0. The largest absolute Gasteiger partial charge is 0.322 e. The van der Waals surface area contributed by atoms with Crippen molar-refractivity contribution >= 4 is 23.2 Å². The predicted molar refractivity (Wildman–Crippen MR) is 124 cm³/mol. The fourth-order valence-electron chi connectivity index (χ4n) is 3.62. The van der Waals surface area contributed by atoms with Gasteiger partial charge >= 0.3 is 0 Å². The van der Waals surface area contributed by atoms with Crippen LogP contribution in [0.2, 0.25) is 5.15 Å². The summed E-state index contributed by atoms with van der Waals surface area (Å²) in [5.41, 5.74) is 4.79. The Balaban J connectivity index is 1.30. The second kappa shape index (κ2) is 8.24. The Kier molecular flexibility index (Phi) is 5.27. The number of rotatable bonds is 6. The average molecular weight is 447 g/mol. The van der Waals surface area contributed by atoms with E-state index in [1.165, 1.54) is 18.4 Å². The van der Waals surface area contributed by atoms with Gasteiger partial charge in [0.15, 0.2) is 5.82 Å². The molecule has 8 heteroatoms. The number of nitrogens with zero attached hydrogens (tertiary/aromatic N) is 4. The number of carbonyl (C=O) groups is 1. The van der Waals surface area contributed by atoms with Crippen LogP contribution in [0.4, 0.5) is 5.69 Å². The maximum Gasteiger partial charge on any atom is 0.260 e. The molecule has 2 aromatic carbocycles. The molecule has 1 fully saturated rings. The van der Waals surface area contributed by atoms with Crippen LogP contribution in [0, 0.1) is 13.8 Å². The Morgan fingerprint density at radius 3 is 2.53 bits per heavy atom. The minimum atomic E-state index is -0.288. The second-order valence-electron chi connectivity index (χ2n) is 8.24. The molecule has 0 radical (unpaired) electrons. The number of carbonyl (C=O) groups excluding carboxylic acids is 1. The zero-order valence-electron chi connectivity index (χ0n) is 17.9. The van der Waals surface area contributed by atoms with Gasteiger partial charge < -0.3 is 5.32 Å². The molecule has 0 saturated heterocycles. The van der Waals surface area contributed by atoms with Crippen LogP contribution in [-0.2, 0) is 6.54 Å². The van der Waals surface area contributed by atoms with Crippen LogP contribution in [0.3, 0.4) is 0 Å². The van der Waals surface area contributed by atoms with Gasteiger partial charge in [0, 0.05) is 17.2 Å². The molecule has 1 aliphatic rings. The van der Waals surface area contributed by atoms with Crippen LogP contribution < -0.4 is 5.32 Å². The van der Waals surface area contributed by atoms with Crippen molar-refractivity contribution in [3.63, 3.8) is 0 Å². The first kappa shape index (κ1) is 20.5. The van der Waals surface area contributed by atoms with Crippen LogP contribution >= 0.6 is 11.6 Å². The summed E-state index contributed by atoms with van der Waals surface area (Å²) >= 11 is 6.53. The van der Waals surface area contributed by atoms with Gasteiger partial charge in [0.25, 0.3) is 5.91 Å². The molecule has 2 heterocycles. The van der Waals surface area contributed by atoms with Crippen molar-refractivity contribution in [3.05, 3.63) is 81.9 Å². The molecule has 4 aromatic rings. The summed E-state index contributed by atoms with van der Waals surface area (Å²) in [5.74, 6) is 1.85. The number of H-pyrrole nitrogens is 1. The molecule has 1 saturated carbocycles. The summed E-state index contributed by atoms with van der Waals surface area (Å²) in [6.45, 7) is 4.33. The fourth-order valence-corrected chi connectivity index (χ4v) is 3.94. The zero-order chi connectivity index (χ0) is 22.2. The molecule has 1 amide bonds. The minimum absolute atomic E-state index is 0.288. The number of amides is 1. The van der Waals surface area contributed by atoms with Gasteiger partial charge in [-0.2, -0.15) is 10.2 Å². The first-order chi connectivity index (χ1) is 15.5. The molecule has 2 N–H and O–H groups in total. The quantitative estimate of drug-likeness (QED) is 0.430. The Morgan fingerprint density at radius 2 is 1.84 bits per heavy atom. The van der Waals surface area contributed by atoms with Crippen molar-refractivity contribution in [1.82, 2.24) is 25.0 Å². The molecule has 0 aliphatic heterocycles. The number of halogens is 1. The molecule has 0 bridgehead atoms. The number of hydrogen-bond acceptors (Lipinski definition) is 4. The molecule has 32 heavy (non-hydrogen) atoms. The van der Waals surface area contributed by atoms with Gasteiger partial charge in [-0.05, 0) is 56.5 Å². The van der Waals surface area contributed by atoms with E-state index in [1.807, 2.05) is 55.5 Å². The Bertz CT molecular complexity index is 1270. The van der Waals surface area contributed by atoms with Crippen molar-refractivity contribution in [2.24, 2.45) is 0 Å². The van der Waals surface area contributed by atoms with Crippen molar-refractivity contribution in [3.8, 4) is 11.4 Å². The van der Waals surface area contributed by atoms with E-state index in [2.05, 4.69) is 25.6 Å². The molecule has 0 spiro atoms. The SMILES string of the molecule is Cc1ccc(Cn2nc(C)c(C(=O)Nc3ccc(-c4n[nH]c(C5CC5)n4)cc3)c2Cl)cc1. The highest BCUT2D eigenvalue weighted by Gasteiger charge is 2.27. The van der Waals surface area contributed by atoms with E-state index < -0.39 is 0 Å².